The Morgan fingerprint density at radius 1 is 1.45 bits per heavy atom. The van der Waals surface area contributed by atoms with Crippen LogP contribution >= 0.6 is 24.0 Å². The quantitative estimate of drug-likeness (QED) is 0.685. The molecule has 1 aromatic heterocycles. The molecule has 0 aromatic carbocycles. The van der Waals surface area contributed by atoms with Crippen molar-refractivity contribution in [3.8, 4) is 0 Å². The maximum atomic E-state index is 5.84. The summed E-state index contributed by atoms with van der Waals surface area (Å²) in [6.07, 6.45) is 0. The summed E-state index contributed by atoms with van der Waals surface area (Å²) in [5.41, 5.74) is 2.03. The zero-order valence-corrected chi connectivity index (χ0v) is 8.38. The third-order valence-electron chi connectivity index (χ3n) is 1.42. The number of H-pyrrole nitrogens is 1. The van der Waals surface area contributed by atoms with Gasteiger partial charge in [-0.3, -0.25) is 0 Å². The van der Waals surface area contributed by atoms with Crippen LogP contribution in [0.25, 0.3) is 0 Å². The van der Waals surface area contributed by atoms with Gasteiger partial charge in [0, 0.05) is 5.69 Å². The van der Waals surface area contributed by atoms with Crippen molar-refractivity contribution in [1.82, 2.24) is 9.97 Å². The first-order chi connectivity index (χ1) is 4.61. The van der Waals surface area contributed by atoms with Crippen LogP contribution in [0.5, 0.6) is 0 Å². The minimum atomic E-state index is 0. The topological polar surface area (TPSA) is 28.7 Å². The van der Waals surface area contributed by atoms with Crippen LogP contribution in [0.1, 0.15) is 29.5 Å². The Labute approximate surface area is 77.8 Å². The fourth-order valence-electron chi connectivity index (χ4n) is 1.02. The number of imidazole rings is 1. The van der Waals surface area contributed by atoms with Crippen LogP contribution in [-0.2, 0) is 0 Å². The molecule has 0 fully saturated rings. The molecular weight excluding hydrogens is 183 g/mol. The maximum absolute atomic E-state index is 5.84. The van der Waals surface area contributed by atoms with Crippen molar-refractivity contribution >= 4 is 24.0 Å². The first kappa shape index (κ1) is 10.8. The molecule has 0 spiro atoms. The van der Waals surface area contributed by atoms with Crippen LogP contribution in [0.15, 0.2) is 0 Å². The van der Waals surface area contributed by atoms with Gasteiger partial charge in [0.2, 0.25) is 0 Å². The summed E-state index contributed by atoms with van der Waals surface area (Å²) >= 11 is 5.84. The Bertz CT molecular complexity index is 230. The van der Waals surface area contributed by atoms with Crippen LogP contribution in [0.4, 0.5) is 0 Å². The Hall–Kier alpha value is -0.210. The number of aromatic nitrogens is 2. The minimum Gasteiger partial charge on any atom is -0.346 e. The van der Waals surface area contributed by atoms with E-state index in [4.69, 9.17) is 11.6 Å². The third-order valence-corrected chi connectivity index (χ3v) is 1.62. The summed E-state index contributed by atoms with van der Waals surface area (Å²) in [6, 6.07) is 0. The Balaban J connectivity index is 0.000001000. The first-order valence-electron chi connectivity index (χ1n) is 3.28. The van der Waals surface area contributed by atoms with Crippen LogP contribution in [-0.4, -0.2) is 9.97 Å². The lowest BCUT2D eigenvalue weighted by Gasteiger charge is -1.96. The monoisotopic (exact) mass is 194 g/mol. The number of nitrogens with one attached hydrogen (secondary N) is 1. The molecule has 0 amide bonds. The SMILES string of the molecule is Cc1nc(C(C)Cl)c(C)[nH]1.Cl. The smallest absolute Gasteiger partial charge is 0.103 e. The van der Waals surface area contributed by atoms with E-state index in [0.29, 0.717) is 0 Å². The van der Waals surface area contributed by atoms with Crippen LogP contribution in [0.3, 0.4) is 0 Å². The van der Waals surface area contributed by atoms with Gasteiger partial charge in [-0.1, -0.05) is 0 Å². The molecule has 0 bridgehead atoms. The van der Waals surface area contributed by atoms with Gasteiger partial charge in [-0.05, 0) is 20.8 Å². The molecule has 0 saturated heterocycles. The third kappa shape index (κ3) is 2.38. The van der Waals surface area contributed by atoms with E-state index >= 15 is 0 Å². The predicted molar refractivity (Wildman–Crippen MR) is 49.6 cm³/mol. The lowest BCUT2D eigenvalue weighted by Crippen LogP contribution is -1.86. The van der Waals surface area contributed by atoms with E-state index in [9.17, 15) is 0 Å². The summed E-state index contributed by atoms with van der Waals surface area (Å²) in [6.45, 7) is 5.83. The number of rotatable bonds is 1. The molecule has 0 radical (unpaired) electrons. The zero-order chi connectivity index (χ0) is 7.72. The summed E-state index contributed by atoms with van der Waals surface area (Å²) in [5, 5.41) is 0.00458. The molecule has 1 unspecified atom stereocenters. The van der Waals surface area contributed by atoms with E-state index in [-0.39, 0.29) is 17.8 Å². The van der Waals surface area contributed by atoms with Gasteiger partial charge in [-0.2, -0.15) is 0 Å². The number of alkyl halides is 1. The molecule has 0 saturated carbocycles. The summed E-state index contributed by atoms with van der Waals surface area (Å²) in [4.78, 5) is 7.32. The van der Waals surface area contributed by atoms with E-state index in [0.717, 1.165) is 17.2 Å². The highest BCUT2D eigenvalue weighted by atomic mass is 35.5. The number of hydrogen-bond acceptors (Lipinski definition) is 1. The van der Waals surface area contributed by atoms with E-state index in [1.807, 2.05) is 20.8 Å². The molecule has 0 aliphatic carbocycles. The van der Waals surface area contributed by atoms with E-state index in [1.54, 1.807) is 0 Å². The molecule has 2 nitrogen and oxygen atoms in total. The van der Waals surface area contributed by atoms with E-state index in [1.165, 1.54) is 0 Å². The fourth-order valence-corrected chi connectivity index (χ4v) is 1.23. The molecule has 1 aromatic rings. The van der Waals surface area contributed by atoms with Gasteiger partial charge >= 0.3 is 0 Å². The van der Waals surface area contributed by atoms with Crippen molar-refractivity contribution in [3.05, 3.63) is 17.2 Å². The highest BCUT2D eigenvalue weighted by Gasteiger charge is 2.08. The van der Waals surface area contributed by atoms with Gasteiger partial charge in [0.25, 0.3) is 0 Å². The van der Waals surface area contributed by atoms with Gasteiger partial charge in [0.15, 0.2) is 0 Å². The highest BCUT2D eigenvalue weighted by Crippen LogP contribution is 2.19. The van der Waals surface area contributed by atoms with Gasteiger partial charge in [-0.25, -0.2) is 4.98 Å². The second-order valence-corrected chi connectivity index (χ2v) is 3.10. The molecule has 0 aliphatic rings. The van der Waals surface area contributed by atoms with Gasteiger partial charge in [-0.15, -0.1) is 24.0 Å². The zero-order valence-electron chi connectivity index (χ0n) is 6.81. The molecule has 1 heterocycles. The summed E-state index contributed by atoms with van der Waals surface area (Å²) in [5.74, 6) is 0.931. The molecule has 1 atom stereocenters. The van der Waals surface area contributed by atoms with Crippen LogP contribution in [0, 0.1) is 13.8 Å². The molecular formula is C7H12Cl2N2. The maximum Gasteiger partial charge on any atom is 0.103 e. The van der Waals surface area contributed by atoms with Gasteiger partial charge in [0.1, 0.15) is 5.82 Å². The van der Waals surface area contributed by atoms with Gasteiger partial charge < -0.3 is 4.98 Å². The van der Waals surface area contributed by atoms with E-state index in [2.05, 4.69) is 9.97 Å². The molecule has 1 rings (SSSR count). The molecule has 0 aliphatic heterocycles. The average Bonchev–Trinajstić information content (AvgIpc) is 2.10. The number of aryl methyl sites for hydroxylation is 2. The average molecular weight is 195 g/mol. The molecule has 1 N–H and O–H groups in total. The molecule has 64 valence electrons. The first-order valence-corrected chi connectivity index (χ1v) is 3.72. The largest absolute Gasteiger partial charge is 0.346 e. The summed E-state index contributed by atoms with van der Waals surface area (Å²) in [7, 11) is 0. The standard InChI is InChI=1S/C7H11ClN2.ClH/c1-4(8)7-5(2)9-6(3)10-7;/h4H,1-3H3,(H,9,10);1H. The van der Waals surface area contributed by atoms with Crippen molar-refractivity contribution in [2.45, 2.75) is 26.1 Å². The second kappa shape index (κ2) is 3.98. The molecule has 4 heteroatoms. The minimum absolute atomic E-state index is 0. The van der Waals surface area contributed by atoms with Crippen molar-refractivity contribution in [1.29, 1.82) is 0 Å². The Morgan fingerprint density at radius 3 is 2.18 bits per heavy atom. The van der Waals surface area contributed by atoms with Crippen LogP contribution < -0.4 is 0 Å². The number of halogens is 2. The van der Waals surface area contributed by atoms with Crippen molar-refractivity contribution < 1.29 is 0 Å². The Kier molecular flexibility index (Phi) is 3.90. The van der Waals surface area contributed by atoms with Crippen molar-refractivity contribution in [3.63, 3.8) is 0 Å². The summed E-state index contributed by atoms with van der Waals surface area (Å²) < 4.78 is 0. The molecule has 11 heavy (non-hydrogen) atoms. The van der Waals surface area contributed by atoms with Crippen molar-refractivity contribution in [2.75, 3.05) is 0 Å². The lowest BCUT2D eigenvalue weighted by atomic mass is 10.3. The number of hydrogen-bond donors (Lipinski definition) is 1. The highest BCUT2D eigenvalue weighted by molar-refractivity contribution is 6.20. The van der Waals surface area contributed by atoms with Crippen LogP contribution in [0.2, 0.25) is 0 Å². The number of aromatic amines is 1. The fraction of sp³-hybridized carbons (Fsp3) is 0.571. The number of nitrogens with zero attached hydrogens (tertiary/aromatic N) is 1. The predicted octanol–water partition coefficient (Wildman–Crippen LogP) is 2.75. The van der Waals surface area contributed by atoms with E-state index < -0.39 is 0 Å². The normalized spacial score (nSPS) is 12.4. The lowest BCUT2D eigenvalue weighted by molar-refractivity contribution is 0.990. The van der Waals surface area contributed by atoms with Crippen molar-refractivity contribution in [2.24, 2.45) is 0 Å². The second-order valence-electron chi connectivity index (χ2n) is 2.45. The van der Waals surface area contributed by atoms with Gasteiger partial charge in [0.05, 0.1) is 11.1 Å². The Morgan fingerprint density at radius 2 is 2.00 bits per heavy atom.